The van der Waals surface area contributed by atoms with Crippen LogP contribution in [0.25, 0.3) is 10.8 Å². The first kappa shape index (κ1) is 12.8. The van der Waals surface area contributed by atoms with Gasteiger partial charge in [0.15, 0.2) is 0 Å². The standard InChI is InChI=1S/C21H22O/c1-22-20-4-2-3-16-10-17-13-21(8-7-15(17)11-19(16)20)12-14-5-6-18(21)9-14/h2-5,10-11,18H,6-9,12-13H2,1H3. The molecule has 0 N–H and O–H groups in total. The highest BCUT2D eigenvalue weighted by Gasteiger charge is 2.48. The molecule has 3 aliphatic rings. The molecule has 1 spiro atoms. The summed E-state index contributed by atoms with van der Waals surface area (Å²) in [6.45, 7) is 0. The zero-order valence-electron chi connectivity index (χ0n) is 13.2. The van der Waals surface area contributed by atoms with Gasteiger partial charge in [-0.1, -0.05) is 29.8 Å². The molecule has 1 fully saturated rings. The Hall–Kier alpha value is -1.76. The minimum atomic E-state index is 0.587. The number of benzene rings is 2. The Bertz CT molecular complexity index is 801. The van der Waals surface area contributed by atoms with Gasteiger partial charge in [-0.25, -0.2) is 0 Å². The summed E-state index contributed by atoms with van der Waals surface area (Å²) in [4.78, 5) is 0. The van der Waals surface area contributed by atoms with Crippen LogP contribution in [0.1, 0.15) is 36.8 Å². The number of aryl methyl sites for hydroxylation is 1. The van der Waals surface area contributed by atoms with Gasteiger partial charge in [0.2, 0.25) is 0 Å². The van der Waals surface area contributed by atoms with Crippen molar-refractivity contribution in [1.82, 2.24) is 0 Å². The Morgan fingerprint density at radius 3 is 2.86 bits per heavy atom. The van der Waals surface area contributed by atoms with Crippen molar-refractivity contribution >= 4 is 10.8 Å². The van der Waals surface area contributed by atoms with Crippen molar-refractivity contribution < 1.29 is 4.74 Å². The van der Waals surface area contributed by atoms with E-state index in [1.165, 1.54) is 49.3 Å². The van der Waals surface area contributed by atoms with E-state index in [1.54, 1.807) is 23.8 Å². The Kier molecular flexibility index (Phi) is 2.54. The second-order valence-corrected chi connectivity index (χ2v) is 7.52. The lowest BCUT2D eigenvalue weighted by Gasteiger charge is -2.40. The fourth-order valence-corrected chi connectivity index (χ4v) is 5.31. The van der Waals surface area contributed by atoms with Crippen molar-refractivity contribution in [3.63, 3.8) is 0 Å². The number of hydrogen-bond acceptors (Lipinski definition) is 1. The molecule has 2 bridgehead atoms. The van der Waals surface area contributed by atoms with E-state index >= 15 is 0 Å². The zero-order chi connectivity index (χ0) is 14.7. The van der Waals surface area contributed by atoms with Gasteiger partial charge in [-0.2, -0.15) is 0 Å². The van der Waals surface area contributed by atoms with Crippen LogP contribution in [0.3, 0.4) is 0 Å². The molecule has 22 heavy (non-hydrogen) atoms. The van der Waals surface area contributed by atoms with Crippen molar-refractivity contribution in [1.29, 1.82) is 0 Å². The van der Waals surface area contributed by atoms with E-state index in [9.17, 15) is 0 Å². The fraction of sp³-hybridized carbons (Fsp3) is 0.429. The van der Waals surface area contributed by atoms with Gasteiger partial charge in [0.05, 0.1) is 7.11 Å². The molecule has 1 nitrogen and oxygen atoms in total. The third-order valence-electron chi connectivity index (χ3n) is 6.46. The van der Waals surface area contributed by atoms with E-state index in [0.717, 1.165) is 11.7 Å². The minimum Gasteiger partial charge on any atom is -0.496 e. The first-order valence-electron chi connectivity index (χ1n) is 8.54. The lowest BCUT2D eigenvalue weighted by atomic mass is 9.64. The Morgan fingerprint density at radius 1 is 1.14 bits per heavy atom. The van der Waals surface area contributed by atoms with Gasteiger partial charge in [0.25, 0.3) is 0 Å². The average molecular weight is 290 g/mol. The summed E-state index contributed by atoms with van der Waals surface area (Å²) >= 11 is 0. The predicted molar refractivity (Wildman–Crippen MR) is 90.4 cm³/mol. The van der Waals surface area contributed by atoms with Crippen LogP contribution >= 0.6 is 0 Å². The van der Waals surface area contributed by atoms with Crippen LogP contribution in [0, 0.1) is 11.3 Å². The average Bonchev–Trinajstić information content (AvgIpc) is 3.13. The molecule has 0 aromatic heterocycles. The molecule has 2 aromatic rings. The largest absolute Gasteiger partial charge is 0.496 e. The third-order valence-corrected chi connectivity index (χ3v) is 6.46. The molecular formula is C21H22O. The molecule has 0 radical (unpaired) electrons. The third kappa shape index (κ3) is 1.65. The van der Waals surface area contributed by atoms with Crippen molar-refractivity contribution in [2.24, 2.45) is 11.3 Å². The van der Waals surface area contributed by atoms with Crippen LogP contribution in [0.5, 0.6) is 5.75 Å². The van der Waals surface area contributed by atoms with E-state index in [-0.39, 0.29) is 0 Å². The molecule has 5 rings (SSSR count). The van der Waals surface area contributed by atoms with E-state index < -0.39 is 0 Å². The summed E-state index contributed by atoms with van der Waals surface area (Å²) in [7, 11) is 1.77. The Morgan fingerprint density at radius 2 is 2.09 bits per heavy atom. The normalized spacial score (nSPS) is 29.0. The van der Waals surface area contributed by atoms with E-state index in [2.05, 4.69) is 36.4 Å². The van der Waals surface area contributed by atoms with E-state index in [0.29, 0.717) is 5.41 Å². The van der Waals surface area contributed by atoms with Gasteiger partial charge >= 0.3 is 0 Å². The number of ether oxygens (including phenoxy) is 1. The molecule has 0 amide bonds. The predicted octanol–water partition coefficient (Wildman–Crippen LogP) is 5.06. The highest BCUT2D eigenvalue weighted by Crippen LogP contribution is 2.58. The monoisotopic (exact) mass is 290 g/mol. The molecule has 0 aliphatic heterocycles. The highest BCUT2D eigenvalue weighted by atomic mass is 16.5. The zero-order valence-corrected chi connectivity index (χ0v) is 13.2. The van der Waals surface area contributed by atoms with Crippen LogP contribution in [0.2, 0.25) is 0 Å². The maximum Gasteiger partial charge on any atom is 0.126 e. The lowest BCUT2D eigenvalue weighted by Crippen LogP contribution is -2.33. The number of allylic oxidation sites excluding steroid dienone is 2. The van der Waals surface area contributed by atoms with Crippen molar-refractivity contribution in [2.45, 2.75) is 38.5 Å². The summed E-state index contributed by atoms with van der Waals surface area (Å²) in [6.07, 6.45) is 10.5. The fourth-order valence-electron chi connectivity index (χ4n) is 5.31. The molecular weight excluding hydrogens is 268 g/mol. The smallest absolute Gasteiger partial charge is 0.126 e. The highest BCUT2D eigenvalue weighted by molar-refractivity contribution is 5.89. The SMILES string of the molecule is COc1cccc2cc3c(cc12)CCC1(CC2=CCC1C2)C3. The molecule has 2 unspecified atom stereocenters. The number of methoxy groups -OCH3 is 1. The van der Waals surface area contributed by atoms with E-state index in [4.69, 9.17) is 4.74 Å². The summed E-state index contributed by atoms with van der Waals surface area (Å²) in [5.41, 5.74) is 5.49. The van der Waals surface area contributed by atoms with Gasteiger partial charge in [0.1, 0.15) is 5.75 Å². The maximum absolute atomic E-state index is 5.54. The number of hydrogen-bond donors (Lipinski definition) is 0. The number of rotatable bonds is 1. The summed E-state index contributed by atoms with van der Waals surface area (Å²) in [5.74, 6) is 1.93. The minimum absolute atomic E-state index is 0.587. The molecule has 112 valence electrons. The van der Waals surface area contributed by atoms with Gasteiger partial charge < -0.3 is 4.74 Å². The van der Waals surface area contributed by atoms with Crippen molar-refractivity contribution in [2.75, 3.05) is 7.11 Å². The molecule has 1 saturated carbocycles. The van der Waals surface area contributed by atoms with E-state index in [1.807, 2.05) is 0 Å². The van der Waals surface area contributed by atoms with Gasteiger partial charge in [-0.15, -0.1) is 0 Å². The maximum atomic E-state index is 5.54. The van der Waals surface area contributed by atoms with Crippen molar-refractivity contribution in [3.8, 4) is 5.75 Å². The van der Waals surface area contributed by atoms with Crippen LogP contribution in [-0.4, -0.2) is 7.11 Å². The second kappa shape index (κ2) is 4.38. The Labute approximate surface area is 132 Å². The lowest BCUT2D eigenvalue weighted by molar-refractivity contribution is 0.169. The first-order chi connectivity index (χ1) is 10.8. The quantitative estimate of drug-likeness (QED) is 0.667. The summed E-state index contributed by atoms with van der Waals surface area (Å²) in [5, 5.41) is 2.60. The van der Waals surface area contributed by atoms with Gasteiger partial charge in [-0.3, -0.25) is 0 Å². The number of fused-ring (bicyclic) bond motifs is 5. The molecule has 3 aliphatic carbocycles. The first-order valence-corrected chi connectivity index (χ1v) is 8.54. The summed E-state index contributed by atoms with van der Waals surface area (Å²) < 4.78 is 5.54. The van der Waals surface area contributed by atoms with Gasteiger partial charge in [0, 0.05) is 5.39 Å². The second-order valence-electron chi connectivity index (χ2n) is 7.52. The van der Waals surface area contributed by atoms with Crippen molar-refractivity contribution in [3.05, 3.63) is 53.1 Å². The molecule has 2 atom stereocenters. The molecule has 0 heterocycles. The topological polar surface area (TPSA) is 9.23 Å². The molecule has 2 aromatic carbocycles. The Balaban J connectivity index is 1.61. The van der Waals surface area contributed by atoms with Gasteiger partial charge in [-0.05, 0) is 78.5 Å². The van der Waals surface area contributed by atoms with Crippen LogP contribution < -0.4 is 4.74 Å². The summed E-state index contributed by atoms with van der Waals surface area (Å²) in [6, 6.07) is 11.2. The molecule has 1 heteroatoms. The van der Waals surface area contributed by atoms with Crippen LogP contribution in [0.15, 0.2) is 42.0 Å². The molecule has 0 saturated heterocycles. The van der Waals surface area contributed by atoms with Crippen LogP contribution in [0.4, 0.5) is 0 Å². The van der Waals surface area contributed by atoms with Crippen LogP contribution in [-0.2, 0) is 12.8 Å².